The van der Waals surface area contributed by atoms with Gasteiger partial charge in [0.1, 0.15) is 5.01 Å². The van der Waals surface area contributed by atoms with Crippen LogP contribution in [-0.2, 0) is 13.1 Å². The molecular formula is C18H25N5OS. The molecule has 3 rings (SSSR count). The van der Waals surface area contributed by atoms with E-state index in [-0.39, 0.29) is 0 Å². The zero-order valence-corrected chi connectivity index (χ0v) is 15.6. The van der Waals surface area contributed by atoms with Gasteiger partial charge in [-0.2, -0.15) is 0 Å². The highest BCUT2D eigenvalue weighted by molar-refractivity contribution is 7.11. The molecule has 0 saturated heterocycles. The van der Waals surface area contributed by atoms with E-state index in [0.717, 1.165) is 35.6 Å². The van der Waals surface area contributed by atoms with E-state index < -0.39 is 0 Å². The number of nitrogens with zero attached hydrogens (tertiary/aromatic N) is 3. The van der Waals surface area contributed by atoms with Crippen LogP contribution < -0.4 is 15.4 Å². The van der Waals surface area contributed by atoms with Gasteiger partial charge in [-0.25, -0.2) is 15.0 Å². The molecule has 0 aliphatic heterocycles. The maximum Gasteiger partial charge on any atom is 0.213 e. The van der Waals surface area contributed by atoms with Gasteiger partial charge < -0.3 is 15.4 Å². The van der Waals surface area contributed by atoms with Crippen LogP contribution in [0.2, 0.25) is 0 Å². The van der Waals surface area contributed by atoms with Crippen LogP contribution in [0.25, 0.3) is 0 Å². The summed E-state index contributed by atoms with van der Waals surface area (Å²) in [6.45, 7) is 6.96. The van der Waals surface area contributed by atoms with Gasteiger partial charge in [-0.15, -0.1) is 11.3 Å². The predicted octanol–water partition coefficient (Wildman–Crippen LogP) is 2.89. The molecule has 6 nitrogen and oxygen atoms in total. The molecule has 0 aromatic carbocycles. The SMILES string of the molecule is CCNC(=NCc1ccnc(OCC2CC2)c1)NCc1ncc(C)s1. The third-order valence-corrected chi connectivity index (χ3v) is 4.72. The molecule has 2 N–H and O–H groups in total. The van der Waals surface area contributed by atoms with E-state index in [2.05, 4.69) is 39.4 Å². The van der Waals surface area contributed by atoms with Crippen molar-refractivity contribution in [1.29, 1.82) is 0 Å². The molecule has 7 heteroatoms. The molecule has 0 spiro atoms. The lowest BCUT2D eigenvalue weighted by Crippen LogP contribution is -2.36. The van der Waals surface area contributed by atoms with Crippen LogP contribution in [0.15, 0.2) is 29.5 Å². The van der Waals surface area contributed by atoms with Crippen molar-refractivity contribution in [3.8, 4) is 5.88 Å². The standard InChI is InChI=1S/C18H25N5OS/c1-3-19-18(23-11-17-21-9-13(2)25-17)22-10-15-6-7-20-16(8-15)24-12-14-4-5-14/h6-9,14H,3-5,10-12H2,1-2H3,(H2,19,22,23). The second-order valence-corrected chi connectivity index (χ2v) is 7.49. The number of thiazole rings is 1. The largest absolute Gasteiger partial charge is 0.477 e. The van der Waals surface area contributed by atoms with Crippen molar-refractivity contribution in [3.63, 3.8) is 0 Å². The number of nitrogens with one attached hydrogen (secondary N) is 2. The monoisotopic (exact) mass is 359 g/mol. The van der Waals surface area contributed by atoms with Gasteiger partial charge in [-0.3, -0.25) is 0 Å². The van der Waals surface area contributed by atoms with E-state index in [1.54, 1.807) is 17.5 Å². The minimum atomic E-state index is 0.578. The maximum atomic E-state index is 5.73. The Morgan fingerprint density at radius 1 is 1.36 bits per heavy atom. The van der Waals surface area contributed by atoms with Crippen LogP contribution in [0.1, 0.15) is 35.2 Å². The van der Waals surface area contributed by atoms with Crippen molar-refractivity contribution in [2.24, 2.45) is 10.9 Å². The molecule has 0 atom stereocenters. The number of aromatic nitrogens is 2. The molecule has 0 bridgehead atoms. The summed E-state index contributed by atoms with van der Waals surface area (Å²) in [5, 5.41) is 7.64. The van der Waals surface area contributed by atoms with Gasteiger partial charge in [0.15, 0.2) is 5.96 Å². The number of hydrogen-bond donors (Lipinski definition) is 2. The molecule has 0 unspecified atom stereocenters. The molecule has 134 valence electrons. The van der Waals surface area contributed by atoms with Gasteiger partial charge in [0.2, 0.25) is 5.88 Å². The summed E-state index contributed by atoms with van der Waals surface area (Å²) >= 11 is 1.70. The van der Waals surface area contributed by atoms with Crippen molar-refractivity contribution in [2.45, 2.75) is 39.8 Å². The number of aliphatic imine (C=N–C) groups is 1. The van der Waals surface area contributed by atoms with Crippen molar-refractivity contribution in [2.75, 3.05) is 13.2 Å². The van der Waals surface area contributed by atoms with Gasteiger partial charge >= 0.3 is 0 Å². The summed E-state index contributed by atoms with van der Waals surface area (Å²) in [4.78, 5) is 14.5. The van der Waals surface area contributed by atoms with E-state index in [9.17, 15) is 0 Å². The second-order valence-electron chi connectivity index (χ2n) is 6.17. The number of ether oxygens (including phenoxy) is 1. The first-order valence-electron chi connectivity index (χ1n) is 8.74. The summed E-state index contributed by atoms with van der Waals surface area (Å²) in [6.07, 6.45) is 6.23. The number of pyridine rings is 1. The van der Waals surface area contributed by atoms with Crippen LogP contribution >= 0.6 is 11.3 Å². The van der Waals surface area contributed by atoms with E-state index >= 15 is 0 Å². The average molecular weight is 359 g/mol. The first-order valence-corrected chi connectivity index (χ1v) is 9.56. The molecule has 1 aliphatic rings. The first-order chi connectivity index (χ1) is 12.2. The Labute approximate surface area is 152 Å². The molecule has 2 heterocycles. The first kappa shape index (κ1) is 17.7. The summed E-state index contributed by atoms with van der Waals surface area (Å²) in [5.74, 6) is 2.20. The Morgan fingerprint density at radius 2 is 2.24 bits per heavy atom. The summed E-state index contributed by atoms with van der Waals surface area (Å²) in [6, 6.07) is 3.95. The van der Waals surface area contributed by atoms with Gasteiger partial charge in [0, 0.05) is 29.9 Å². The van der Waals surface area contributed by atoms with Gasteiger partial charge in [0.05, 0.1) is 19.7 Å². The highest BCUT2D eigenvalue weighted by atomic mass is 32.1. The zero-order valence-electron chi connectivity index (χ0n) is 14.8. The second kappa shape index (κ2) is 8.80. The fourth-order valence-corrected chi connectivity index (χ4v) is 3.00. The molecular weight excluding hydrogens is 334 g/mol. The highest BCUT2D eigenvalue weighted by Gasteiger charge is 2.22. The van der Waals surface area contributed by atoms with Crippen LogP contribution in [0.5, 0.6) is 5.88 Å². The van der Waals surface area contributed by atoms with Crippen LogP contribution in [0.4, 0.5) is 0 Å². The molecule has 0 amide bonds. The summed E-state index contributed by atoms with van der Waals surface area (Å²) < 4.78 is 5.73. The minimum absolute atomic E-state index is 0.578. The molecule has 2 aromatic heterocycles. The Bertz CT molecular complexity index is 711. The molecule has 0 radical (unpaired) electrons. The fourth-order valence-electron chi connectivity index (χ4n) is 2.27. The third-order valence-electron chi connectivity index (χ3n) is 3.80. The zero-order chi connectivity index (χ0) is 17.5. The molecule has 1 fully saturated rings. The lowest BCUT2D eigenvalue weighted by atomic mass is 10.3. The fraction of sp³-hybridized carbons (Fsp3) is 0.500. The number of rotatable bonds is 8. The smallest absolute Gasteiger partial charge is 0.213 e. The van der Waals surface area contributed by atoms with E-state index in [4.69, 9.17) is 4.74 Å². The lowest BCUT2D eigenvalue weighted by Gasteiger charge is -2.10. The van der Waals surface area contributed by atoms with Crippen LogP contribution in [-0.4, -0.2) is 29.1 Å². The van der Waals surface area contributed by atoms with E-state index in [1.807, 2.05) is 18.3 Å². The Balaban J connectivity index is 1.55. The molecule has 1 aliphatic carbocycles. The summed E-state index contributed by atoms with van der Waals surface area (Å²) in [7, 11) is 0. The van der Waals surface area contributed by atoms with E-state index in [0.29, 0.717) is 19.0 Å². The Hall–Kier alpha value is -2.15. The quantitative estimate of drug-likeness (QED) is 0.560. The third kappa shape index (κ3) is 6.01. The lowest BCUT2D eigenvalue weighted by molar-refractivity contribution is 0.288. The maximum absolute atomic E-state index is 5.73. The van der Waals surface area contributed by atoms with Crippen molar-refractivity contribution in [3.05, 3.63) is 40.0 Å². The highest BCUT2D eigenvalue weighted by Crippen LogP contribution is 2.29. The van der Waals surface area contributed by atoms with Gasteiger partial charge in [-0.05, 0) is 44.2 Å². The number of aryl methyl sites for hydroxylation is 1. The van der Waals surface area contributed by atoms with Crippen molar-refractivity contribution in [1.82, 2.24) is 20.6 Å². The van der Waals surface area contributed by atoms with Crippen LogP contribution in [0, 0.1) is 12.8 Å². The summed E-state index contributed by atoms with van der Waals surface area (Å²) in [5.41, 5.74) is 1.09. The number of hydrogen-bond acceptors (Lipinski definition) is 5. The molecule has 1 saturated carbocycles. The van der Waals surface area contributed by atoms with Crippen LogP contribution in [0.3, 0.4) is 0 Å². The predicted molar refractivity (Wildman–Crippen MR) is 101 cm³/mol. The topological polar surface area (TPSA) is 71.4 Å². The van der Waals surface area contributed by atoms with Gasteiger partial charge in [-0.1, -0.05) is 0 Å². The Morgan fingerprint density at radius 3 is 2.96 bits per heavy atom. The van der Waals surface area contributed by atoms with Crippen molar-refractivity contribution >= 4 is 17.3 Å². The van der Waals surface area contributed by atoms with Gasteiger partial charge in [0.25, 0.3) is 0 Å². The van der Waals surface area contributed by atoms with E-state index in [1.165, 1.54) is 17.7 Å². The van der Waals surface area contributed by atoms with Crippen molar-refractivity contribution < 1.29 is 4.74 Å². The Kier molecular flexibility index (Phi) is 6.22. The molecule has 2 aromatic rings. The minimum Gasteiger partial charge on any atom is -0.477 e. The molecule has 25 heavy (non-hydrogen) atoms. The average Bonchev–Trinajstić information content (AvgIpc) is 3.36. The normalized spacial score (nSPS) is 14.4. The number of guanidine groups is 1.